The Morgan fingerprint density at radius 2 is 1.84 bits per heavy atom. The number of phenolic OH excluding ortho intramolecular Hbond substituents is 1. The minimum absolute atomic E-state index is 0.190. The van der Waals surface area contributed by atoms with E-state index >= 15 is 0 Å². The molecule has 0 bridgehead atoms. The summed E-state index contributed by atoms with van der Waals surface area (Å²) in [6.07, 6.45) is 2.17. The van der Waals surface area contributed by atoms with Gasteiger partial charge in [0.05, 0.1) is 23.7 Å². The fraction of sp³-hybridized carbons (Fsp3) is 0.259. The number of hydrogen-bond donors (Lipinski definition) is 1. The number of fused-ring (bicyclic) bond motifs is 1. The van der Waals surface area contributed by atoms with Crippen LogP contribution in [0.15, 0.2) is 66.7 Å². The normalized spacial score (nSPS) is 15.9. The number of rotatable bonds is 5. The van der Waals surface area contributed by atoms with Crippen LogP contribution in [-0.4, -0.2) is 28.2 Å². The molecule has 1 aromatic heterocycles. The molecule has 1 aliphatic heterocycles. The minimum atomic E-state index is 0.190. The molecule has 1 unspecified atom stereocenters. The summed E-state index contributed by atoms with van der Waals surface area (Å²) in [5, 5.41) is 11.5. The van der Waals surface area contributed by atoms with Gasteiger partial charge < -0.3 is 14.7 Å². The predicted molar refractivity (Wildman–Crippen MR) is 128 cm³/mol. The Bertz CT molecular complexity index is 1250. The summed E-state index contributed by atoms with van der Waals surface area (Å²) in [4.78, 5) is 12.2. The van der Waals surface area contributed by atoms with Gasteiger partial charge in [-0.05, 0) is 74.2 Å². The number of aromatic hydroxyl groups is 1. The van der Waals surface area contributed by atoms with Crippen molar-refractivity contribution in [3.05, 3.63) is 77.9 Å². The molecule has 0 aliphatic carbocycles. The van der Waals surface area contributed by atoms with Gasteiger partial charge in [-0.15, -0.1) is 0 Å². The van der Waals surface area contributed by atoms with Gasteiger partial charge in [0.2, 0.25) is 0 Å². The molecule has 1 N–H and O–H groups in total. The van der Waals surface area contributed by atoms with Gasteiger partial charge in [-0.2, -0.15) is 0 Å². The lowest BCUT2D eigenvalue weighted by Gasteiger charge is -2.28. The molecule has 1 fully saturated rings. The summed E-state index contributed by atoms with van der Waals surface area (Å²) in [6.45, 7) is 5.66. The van der Waals surface area contributed by atoms with Gasteiger partial charge in [-0.1, -0.05) is 30.3 Å². The third-order valence-corrected chi connectivity index (χ3v) is 6.08. The molecule has 4 aromatic rings. The summed E-state index contributed by atoms with van der Waals surface area (Å²) >= 11 is 0. The monoisotopic (exact) mass is 425 g/mol. The van der Waals surface area contributed by atoms with Gasteiger partial charge in [0.25, 0.3) is 0 Å². The van der Waals surface area contributed by atoms with Crippen molar-refractivity contribution in [3.63, 3.8) is 0 Å². The SMILES string of the molecule is CCOc1ccc(C2CCCN2c2nc(-c3ccccc3O)nc3cc(C)ccc23)cc1. The molecule has 0 spiro atoms. The molecular formula is C27H27N3O2. The Kier molecular flexibility index (Phi) is 5.39. The van der Waals surface area contributed by atoms with Crippen molar-refractivity contribution < 1.29 is 9.84 Å². The van der Waals surface area contributed by atoms with Crippen molar-refractivity contribution in [1.82, 2.24) is 9.97 Å². The average molecular weight is 426 g/mol. The quantitative estimate of drug-likeness (QED) is 0.422. The Morgan fingerprint density at radius 3 is 2.62 bits per heavy atom. The highest BCUT2D eigenvalue weighted by molar-refractivity contribution is 5.92. The summed E-state index contributed by atoms with van der Waals surface area (Å²) in [6, 6.07) is 22.2. The van der Waals surface area contributed by atoms with Crippen LogP contribution in [0.3, 0.4) is 0 Å². The van der Waals surface area contributed by atoms with Crippen LogP contribution in [-0.2, 0) is 0 Å². The van der Waals surface area contributed by atoms with Crippen LogP contribution in [0.5, 0.6) is 11.5 Å². The molecule has 1 atom stereocenters. The summed E-state index contributed by atoms with van der Waals surface area (Å²) < 4.78 is 5.62. The molecule has 5 heteroatoms. The molecule has 0 amide bonds. The Labute approximate surface area is 188 Å². The van der Waals surface area contributed by atoms with Gasteiger partial charge in [0, 0.05) is 11.9 Å². The van der Waals surface area contributed by atoms with Crippen molar-refractivity contribution in [2.75, 3.05) is 18.1 Å². The number of phenols is 1. The van der Waals surface area contributed by atoms with Crippen molar-refractivity contribution in [2.24, 2.45) is 0 Å². The van der Waals surface area contributed by atoms with Crippen LogP contribution < -0.4 is 9.64 Å². The first kappa shape index (κ1) is 20.3. The molecular weight excluding hydrogens is 398 g/mol. The molecule has 32 heavy (non-hydrogen) atoms. The Morgan fingerprint density at radius 1 is 1.03 bits per heavy atom. The molecule has 5 rings (SSSR count). The van der Waals surface area contributed by atoms with Gasteiger partial charge in [0.15, 0.2) is 5.82 Å². The van der Waals surface area contributed by atoms with Crippen molar-refractivity contribution in [3.8, 4) is 22.9 Å². The number of hydrogen-bond acceptors (Lipinski definition) is 5. The fourth-order valence-electron chi connectivity index (χ4n) is 4.54. The summed E-state index contributed by atoms with van der Waals surface area (Å²) in [5.41, 5.74) is 3.95. The first-order valence-corrected chi connectivity index (χ1v) is 11.2. The first-order valence-electron chi connectivity index (χ1n) is 11.2. The summed E-state index contributed by atoms with van der Waals surface area (Å²) in [7, 11) is 0. The first-order chi connectivity index (χ1) is 15.6. The van der Waals surface area contributed by atoms with Gasteiger partial charge in [-0.25, -0.2) is 9.97 Å². The van der Waals surface area contributed by atoms with E-state index in [2.05, 4.69) is 42.2 Å². The van der Waals surface area contributed by atoms with E-state index in [1.54, 1.807) is 6.07 Å². The lowest BCUT2D eigenvalue weighted by atomic mass is 10.0. The number of anilines is 1. The molecule has 0 radical (unpaired) electrons. The zero-order chi connectivity index (χ0) is 22.1. The summed E-state index contributed by atoms with van der Waals surface area (Å²) in [5.74, 6) is 2.55. The number of aromatic nitrogens is 2. The standard InChI is InChI=1S/C27H27N3O2/c1-3-32-20-13-11-19(12-14-20)24-8-6-16-30(24)27-21-15-10-18(2)17-23(21)28-26(29-27)22-7-4-5-9-25(22)31/h4-5,7,9-15,17,24,31H,3,6,8,16H2,1-2H3. The number of nitrogens with zero attached hydrogens (tertiary/aromatic N) is 3. The third kappa shape index (κ3) is 3.75. The number of aryl methyl sites for hydroxylation is 1. The zero-order valence-electron chi connectivity index (χ0n) is 18.5. The van der Waals surface area contributed by atoms with E-state index in [0.29, 0.717) is 18.0 Å². The maximum Gasteiger partial charge on any atom is 0.165 e. The van der Waals surface area contributed by atoms with E-state index in [0.717, 1.165) is 47.4 Å². The highest BCUT2D eigenvalue weighted by Gasteiger charge is 2.29. The smallest absolute Gasteiger partial charge is 0.165 e. The molecule has 2 heterocycles. The van der Waals surface area contributed by atoms with E-state index in [1.165, 1.54) is 5.56 Å². The average Bonchev–Trinajstić information content (AvgIpc) is 3.29. The second-order valence-electron chi connectivity index (χ2n) is 8.26. The maximum absolute atomic E-state index is 10.4. The molecule has 0 saturated carbocycles. The third-order valence-electron chi connectivity index (χ3n) is 6.08. The van der Waals surface area contributed by atoms with Crippen molar-refractivity contribution in [2.45, 2.75) is 32.7 Å². The second-order valence-corrected chi connectivity index (χ2v) is 8.26. The van der Waals surface area contributed by atoms with E-state index in [1.807, 2.05) is 37.3 Å². The molecule has 162 valence electrons. The van der Waals surface area contributed by atoms with E-state index in [-0.39, 0.29) is 11.8 Å². The van der Waals surface area contributed by atoms with Crippen LogP contribution in [0.4, 0.5) is 5.82 Å². The van der Waals surface area contributed by atoms with Gasteiger partial charge >= 0.3 is 0 Å². The molecule has 3 aromatic carbocycles. The van der Waals surface area contributed by atoms with Crippen LogP contribution >= 0.6 is 0 Å². The van der Waals surface area contributed by atoms with Crippen molar-refractivity contribution >= 4 is 16.7 Å². The van der Waals surface area contributed by atoms with Crippen molar-refractivity contribution in [1.29, 1.82) is 0 Å². The van der Waals surface area contributed by atoms with Gasteiger partial charge in [-0.3, -0.25) is 0 Å². The highest BCUT2D eigenvalue weighted by atomic mass is 16.5. The van der Waals surface area contributed by atoms with E-state index < -0.39 is 0 Å². The number of benzene rings is 3. The Hall–Kier alpha value is -3.60. The lowest BCUT2D eigenvalue weighted by Crippen LogP contribution is -2.24. The van der Waals surface area contributed by atoms with Crippen LogP contribution in [0, 0.1) is 6.92 Å². The second kappa shape index (κ2) is 8.50. The number of ether oxygens (including phenoxy) is 1. The molecule has 1 aliphatic rings. The lowest BCUT2D eigenvalue weighted by molar-refractivity contribution is 0.340. The zero-order valence-corrected chi connectivity index (χ0v) is 18.5. The Balaban J connectivity index is 1.62. The van der Waals surface area contributed by atoms with E-state index in [9.17, 15) is 5.11 Å². The minimum Gasteiger partial charge on any atom is -0.507 e. The predicted octanol–water partition coefficient (Wildman–Crippen LogP) is 6.05. The maximum atomic E-state index is 10.4. The topological polar surface area (TPSA) is 58.5 Å². The van der Waals surface area contributed by atoms with Crippen LogP contribution in [0.25, 0.3) is 22.3 Å². The van der Waals surface area contributed by atoms with Gasteiger partial charge in [0.1, 0.15) is 17.3 Å². The van der Waals surface area contributed by atoms with Crippen LogP contribution in [0.1, 0.15) is 36.9 Å². The van der Waals surface area contributed by atoms with Crippen LogP contribution in [0.2, 0.25) is 0 Å². The fourth-order valence-corrected chi connectivity index (χ4v) is 4.54. The largest absolute Gasteiger partial charge is 0.507 e. The molecule has 1 saturated heterocycles. The number of para-hydroxylation sites is 1. The molecule has 5 nitrogen and oxygen atoms in total. The highest BCUT2D eigenvalue weighted by Crippen LogP contribution is 2.40. The van der Waals surface area contributed by atoms with E-state index in [4.69, 9.17) is 14.7 Å².